The molecule has 0 amide bonds. The van der Waals surface area contributed by atoms with Crippen molar-refractivity contribution in [2.24, 2.45) is 0 Å². The van der Waals surface area contributed by atoms with E-state index >= 15 is 0 Å². The molecule has 3 aliphatic heterocycles. The van der Waals surface area contributed by atoms with E-state index in [0.717, 1.165) is 6.61 Å². The van der Waals surface area contributed by atoms with Crippen molar-refractivity contribution in [3.05, 3.63) is 0 Å². The first-order valence-corrected chi connectivity index (χ1v) is 5.49. The lowest BCUT2D eigenvalue weighted by Crippen LogP contribution is -2.18. The first kappa shape index (κ1) is 11.0. The number of hydrogen-bond acceptors (Lipinski definition) is 6. The number of hydrogen-bond donors (Lipinski definition) is 1. The van der Waals surface area contributed by atoms with E-state index in [1.165, 1.54) is 12.0 Å². The van der Waals surface area contributed by atoms with E-state index in [0.29, 0.717) is 18.5 Å². The van der Waals surface area contributed by atoms with Gasteiger partial charge >= 0.3 is 6.16 Å². The fourth-order valence-electron chi connectivity index (χ4n) is 1.15. The fourth-order valence-corrected chi connectivity index (χ4v) is 1.81. The molecular weight excluding hydrogens is 224 g/mol. The first-order chi connectivity index (χ1) is 7.12. The smallest absolute Gasteiger partial charge is 0.450 e. The second-order valence-corrected chi connectivity index (χ2v) is 4.24. The maximum Gasteiger partial charge on any atom is 0.506 e. The average Bonchev–Trinajstić information content (AvgIpc) is 2.98. The summed E-state index contributed by atoms with van der Waals surface area (Å²) in [4.78, 5) is 9.87. The Morgan fingerprint density at radius 2 is 2.33 bits per heavy atom. The van der Waals surface area contributed by atoms with E-state index in [2.05, 4.69) is 4.74 Å². The minimum Gasteiger partial charge on any atom is -0.450 e. The molecule has 3 heterocycles. The number of carboxylic acid groups (broad SMARTS) is 1. The molecule has 3 unspecified atom stereocenters. The molecule has 7 heteroatoms. The van der Waals surface area contributed by atoms with Gasteiger partial charge in [-0.2, -0.15) is 0 Å². The Bertz CT molecular complexity index is 248. The van der Waals surface area contributed by atoms with Crippen molar-refractivity contribution in [1.29, 1.82) is 0 Å². The van der Waals surface area contributed by atoms with Crippen LogP contribution in [0.4, 0.5) is 4.79 Å². The first-order valence-electron chi connectivity index (χ1n) is 4.58. The molecule has 0 aromatic rings. The summed E-state index contributed by atoms with van der Waals surface area (Å²) in [7, 11) is 0. The van der Waals surface area contributed by atoms with E-state index in [1.807, 2.05) is 6.92 Å². The Kier molecular flexibility index (Phi) is 3.06. The zero-order valence-electron chi connectivity index (χ0n) is 8.17. The highest BCUT2D eigenvalue weighted by molar-refractivity contribution is 7.94. The van der Waals surface area contributed by atoms with Crippen LogP contribution in [0.15, 0.2) is 0 Å². The van der Waals surface area contributed by atoms with Crippen LogP contribution in [0.3, 0.4) is 0 Å². The molecule has 3 atom stereocenters. The summed E-state index contributed by atoms with van der Waals surface area (Å²) in [6.45, 7) is 3.22. The maximum atomic E-state index is 9.87. The van der Waals surface area contributed by atoms with Crippen molar-refractivity contribution < 1.29 is 28.3 Å². The van der Waals surface area contributed by atoms with Gasteiger partial charge in [0, 0.05) is 0 Å². The van der Waals surface area contributed by atoms with Gasteiger partial charge in [0.2, 0.25) is 5.79 Å². The van der Waals surface area contributed by atoms with Crippen LogP contribution >= 0.6 is 12.0 Å². The topological polar surface area (TPSA) is 80.8 Å². The van der Waals surface area contributed by atoms with Crippen LogP contribution in [-0.2, 0) is 18.4 Å². The standard InChI is InChI=1S/C4H6O4S.C4H6O2/c5-4(6)8-3-1-7-9-2-3;1-3-4(6-3)2-5-4/h3H,1-2H2,(H,5,6);3H,2H2,1H3. The molecule has 15 heavy (non-hydrogen) atoms. The van der Waals surface area contributed by atoms with E-state index in [9.17, 15) is 4.79 Å². The van der Waals surface area contributed by atoms with Crippen molar-refractivity contribution in [1.82, 2.24) is 0 Å². The van der Waals surface area contributed by atoms with Crippen LogP contribution in [0.2, 0.25) is 0 Å². The van der Waals surface area contributed by atoms with Gasteiger partial charge < -0.3 is 23.5 Å². The van der Waals surface area contributed by atoms with Gasteiger partial charge in [0.05, 0.1) is 12.4 Å². The molecule has 0 aromatic heterocycles. The highest BCUT2D eigenvalue weighted by Crippen LogP contribution is 2.48. The summed E-state index contributed by atoms with van der Waals surface area (Å²) in [6, 6.07) is 0. The molecule has 3 fully saturated rings. The molecule has 1 spiro atoms. The SMILES string of the molecule is CC1OC12CO2.O=C(O)OC1COSC1. The maximum absolute atomic E-state index is 9.87. The molecule has 3 aliphatic rings. The summed E-state index contributed by atoms with van der Waals surface area (Å²) in [5.74, 6) is 0.562. The van der Waals surface area contributed by atoms with Gasteiger partial charge in [0.15, 0.2) is 0 Å². The minimum absolute atomic E-state index is 0.0417. The third-order valence-electron chi connectivity index (χ3n) is 2.23. The molecule has 6 nitrogen and oxygen atoms in total. The van der Waals surface area contributed by atoms with E-state index < -0.39 is 6.16 Å². The van der Waals surface area contributed by atoms with Gasteiger partial charge in [-0.25, -0.2) is 4.79 Å². The highest BCUT2D eigenvalue weighted by atomic mass is 32.2. The van der Waals surface area contributed by atoms with Gasteiger partial charge in [-0.15, -0.1) is 0 Å². The third-order valence-corrected chi connectivity index (χ3v) is 3.04. The molecule has 3 rings (SSSR count). The third kappa shape index (κ3) is 2.97. The van der Waals surface area contributed by atoms with Crippen LogP contribution in [0, 0.1) is 0 Å². The Balaban J connectivity index is 0.000000121. The van der Waals surface area contributed by atoms with Gasteiger partial charge in [0.1, 0.15) is 18.8 Å². The van der Waals surface area contributed by atoms with Crippen molar-refractivity contribution in [3.8, 4) is 0 Å². The molecule has 0 aromatic carbocycles. The van der Waals surface area contributed by atoms with Crippen LogP contribution < -0.4 is 0 Å². The lowest BCUT2D eigenvalue weighted by molar-refractivity contribution is 0.0514. The van der Waals surface area contributed by atoms with Crippen LogP contribution in [0.1, 0.15) is 6.92 Å². The summed E-state index contributed by atoms with van der Waals surface area (Å²) in [6.07, 6.45) is -1.11. The molecule has 3 saturated heterocycles. The Morgan fingerprint density at radius 3 is 2.60 bits per heavy atom. The van der Waals surface area contributed by atoms with Crippen LogP contribution in [0.25, 0.3) is 0 Å². The summed E-state index contributed by atoms with van der Waals surface area (Å²) < 4.78 is 19.1. The molecule has 0 aliphatic carbocycles. The second-order valence-electron chi connectivity index (χ2n) is 3.44. The average molecular weight is 236 g/mol. The van der Waals surface area contributed by atoms with Crippen LogP contribution in [-0.4, -0.2) is 48.2 Å². The van der Waals surface area contributed by atoms with Gasteiger partial charge in [0.25, 0.3) is 0 Å². The lowest BCUT2D eigenvalue weighted by atomic mass is 10.4. The molecule has 1 N–H and O–H groups in total. The van der Waals surface area contributed by atoms with E-state index in [1.54, 1.807) is 0 Å². The number of ether oxygens (including phenoxy) is 3. The van der Waals surface area contributed by atoms with Crippen molar-refractivity contribution >= 4 is 18.2 Å². The van der Waals surface area contributed by atoms with E-state index in [-0.39, 0.29) is 11.9 Å². The monoisotopic (exact) mass is 236 g/mol. The Morgan fingerprint density at radius 1 is 1.67 bits per heavy atom. The quantitative estimate of drug-likeness (QED) is 0.411. The Hall–Kier alpha value is -0.500. The lowest BCUT2D eigenvalue weighted by Gasteiger charge is -2.02. The van der Waals surface area contributed by atoms with Crippen molar-refractivity contribution in [3.63, 3.8) is 0 Å². The number of carbonyl (C=O) groups is 1. The van der Waals surface area contributed by atoms with Crippen molar-refractivity contribution in [2.75, 3.05) is 19.0 Å². The Labute approximate surface area is 91.0 Å². The zero-order valence-corrected chi connectivity index (χ0v) is 8.99. The normalized spacial score (nSPS) is 40.6. The molecule has 0 saturated carbocycles. The molecule has 0 bridgehead atoms. The second kappa shape index (κ2) is 4.17. The van der Waals surface area contributed by atoms with Gasteiger partial charge in [-0.05, 0) is 19.0 Å². The predicted octanol–water partition coefficient (Wildman–Crippen LogP) is 0.860. The summed E-state index contributed by atoms with van der Waals surface area (Å²) in [5, 5.41) is 8.09. The minimum atomic E-state index is -1.23. The van der Waals surface area contributed by atoms with Gasteiger partial charge in [-0.1, -0.05) is 0 Å². The highest BCUT2D eigenvalue weighted by Gasteiger charge is 2.66. The van der Waals surface area contributed by atoms with Gasteiger partial charge in [-0.3, -0.25) is 0 Å². The molecule has 86 valence electrons. The fraction of sp³-hybridized carbons (Fsp3) is 0.875. The van der Waals surface area contributed by atoms with Crippen LogP contribution in [0.5, 0.6) is 0 Å². The summed E-state index contributed by atoms with van der Waals surface area (Å²) >= 11 is 1.24. The summed E-state index contributed by atoms with van der Waals surface area (Å²) in [5.41, 5.74) is 0. The number of epoxide rings is 2. The molecular formula is C8H12O6S. The molecule has 0 radical (unpaired) electrons. The number of rotatable bonds is 1. The van der Waals surface area contributed by atoms with Crippen molar-refractivity contribution in [2.45, 2.75) is 24.9 Å². The largest absolute Gasteiger partial charge is 0.506 e. The zero-order chi connectivity index (χ0) is 10.9. The predicted molar refractivity (Wildman–Crippen MR) is 50.5 cm³/mol. The van der Waals surface area contributed by atoms with E-state index in [4.69, 9.17) is 18.8 Å².